The number of benzene rings is 1. The van der Waals surface area contributed by atoms with E-state index in [4.69, 9.17) is 4.74 Å². The number of hydrogen-bond donors (Lipinski definition) is 0. The third kappa shape index (κ3) is 4.58. The first-order chi connectivity index (χ1) is 9.79. The van der Waals surface area contributed by atoms with Gasteiger partial charge in [-0.05, 0) is 63.9 Å². The SMILES string of the molecule is CC#Cc1ccc(OCCCN2CCCCC2C)cc1. The molecule has 1 aliphatic heterocycles. The summed E-state index contributed by atoms with van der Waals surface area (Å²) >= 11 is 0. The Hall–Kier alpha value is -1.46. The molecule has 0 bridgehead atoms. The molecule has 1 heterocycles. The number of ether oxygens (including phenoxy) is 1. The zero-order valence-electron chi connectivity index (χ0n) is 12.7. The van der Waals surface area contributed by atoms with Crippen molar-refractivity contribution in [3.8, 4) is 17.6 Å². The van der Waals surface area contributed by atoms with E-state index in [1.165, 1.54) is 25.8 Å². The topological polar surface area (TPSA) is 12.5 Å². The summed E-state index contributed by atoms with van der Waals surface area (Å²) < 4.78 is 5.79. The van der Waals surface area contributed by atoms with E-state index >= 15 is 0 Å². The van der Waals surface area contributed by atoms with E-state index in [-0.39, 0.29) is 0 Å². The van der Waals surface area contributed by atoms with Gasteiger partial charge in [0.2, 0.25) is 0 Å². The molecule has 1 unspecified atom stereocenters. The van der Waals surface area contributed by atoms with E-state index in [1.54, 1.807) is 0 Å². The van der Waals surface area contributed by atoms with E-state index in [2.05, 4.69) is 23.7 Å². The zero-order chi connectivity index (χ0) is 14.2. The second-order valence-corrected chi connectivity index (χ2v) is 5.48. The number of hydrogen-bond acceptors (Lipinski definition) is 2. The molecule has 0 amide bonds. The van der Waals surface area contributed by atoms with Crippen LogP contribution >= 0.6 is 0 Å². The van der Waals surface area contributed by atoms with Gasteiger partial charge in [-0.3, -0.25) is 0 Å². The average Bonchev–Trinajstić information content (AvgIpc) is 2.47. The Balaban J connectivity index is 1.68. The van der Waals surface area contributed by atoms with Crippen LogP contribution in [0.1, 0.15) is 45.1 Å². The molecular weight excluding hydrogens is 246 g/mol. The van der Waals surface area contributed by atoms with Crippen LogP contribution in [-0.2, 0) is 0 Å². The molecule has 108 valence electrons. The Labute approximate surface area is 123 Å². The van der Waals surface area contributed by atoms with Crippen LogP contribution in [0.15, 0.2) is 24.3 Å². The lowest BCUT2D eigenvalue weighted by Crippen LogP contribution is -2.38. The predicted octanol–water partition coefficient (Wildman–Crippen LogP) is 3.70. The zero-order valence-corrected chi connectivity index (χ0v) is 12.7. The van der Waals surface area contributed by atoms with Crippen LogP contribution < -0.4 is 4.74 Å². The third-order valence-corrected chi connectivity index (χ3v) is 3.92. The van der Waals surface area contributed by atoms with Crippen molar-refractivity contribution in [3.05, 3.63) is 29.8 Å². The van der Waals surface area contributed by atoms with Crippen LogP contribution in [-0.4, -0.2) is 30.6 Å². The first-order valence-corrected chi connectivity index (χ1v) is 7.69. The molecule has 20 heavy (non-hydrogen) atoms. The van der Waals surface area contributed by atoms with E-state index in [9.17, 15) is 0 Å². The van der Waals surface area contributed by atoms with Gasteiger partial charge in [0.1, 0.15) is 5.75 Å². The van der Waals surface area contributed by atoms with Crippen LogP contribution in [0, 0.1) is 11.8 Å². The van der Waals surface area contributed by atoms with Crippen LogP contribution in [0.4, 0.5) is 0 Å². The highest BCUT2D eigenvalue weighted by atomic mass is 16.5. The molecule has 0 saturated carbocycles. The number of likely N-dealkylation sites (tertiary alicyclic amines) is 1. The van der Waals surface area contributed by atoms with Crippen molar-refractivity contribution >= 4 is 0 Å². The summed E-state index contributed by atoms with van der Waals surface area (Å²) in [5.41, 5.74) is 1.04. The normalized spacial score (nSPS) is 19.2. The fraction of sp³-hybridized carbons (Fsp3) is 0.556. The van der Waals surface area contributed by atoms with Crippen molar-refractivity contribution in [2.24, 2.45) is 0 Å². The van der Waals surface area contributed by atoms with Gasteiger partial charge in [-0.1, -0.05) is 12.3 Å². The second kappa shape index (κ2) is 7.97. The van der Waals surface area contributed by atoms with Crippen LogP contribution in [0.25, 0.3) is 0 Å². The maximum absolute atomic E-state index is 5.79. The Kier molecular flexibility index (Phi) is 5.95. The predicted molar refractivity (Wildman–Crippen MR) is 84.0 cm³/mol. The monoisotopic (exact) mass is 271 g/mol. The lowest BCUT2D eigenvalue weighted by Gasteiger charge is -2.33. The molecule has 1 aliphatic rings. The molecule has 2 nitrogen and oxygen atoms in total. The van der Waals surface area contributed by atoms with Gasteiger partial charge < -0.3 is 9.64 Å². The van der Waals surface area contributed by atoms with Gasteiger partial charge in [0.05, 0.1) is 6.61 Å². The van der Waals surface area contributed by atoms with E-state index < -0.39 is 0 Å². The van der Waals surface area contributed by atoms with Crippen molar-refractivity contribution in [3.63, 3.8) is 0 Å². The Morgan fingerprint density at radius 2 is 2.05 bits per heavy atom. The maximum atomic E-state index is 5.79. The smallest absolute Gasteiger partial charge is 0.119 e. The van der Waals surface area contributed by atoms with Gasteiger partial charge >= 0.3 is 0 Å². The minimum Gasteiger partial charge on any atom is -0.494 e. The van der Waals surface area contributed by atoms with Gasteiger partial charge in [-0.25, -0.2) is 0 Å². The Morgan fingerprint density at radius 1 is 1.25 bits per heavy atom. The van der Waals surface area contributed by atoms with Crippen molar-refractivity contribution in [1.29, 1.82) is 0 Å². The van der Waals surface area contributed by atoms with Gasteiger partial charge in [0.15, 0.2) is 0 Å². The van der Waals surface area contributed by atoms with Crippen molar-refractivity contribution in [2.45, 2.75) is 45.6 Å². The first kappa shape index (κ1) is 14.9. The summed E-state index contributed by atoms with van der Waals surface area (Å²) in [6.07, 6.45) is 5.19. The molecular formula is C18H25NO. The highest BCUT2D eigenvalue weighted by Crippen LogP contribution is 2.17. The summed E-state index contributed by atoms with van der Waals surface area (Å²) in [6, 6.07) is 8.78. The van der Waals surface area contributed by atoms with Crippen molar-refractivity contribution in [2.75, 3.05) is 19.7 Å². The van der Waals surface area contributed by atoms with E-state index in [0.717, 1.165) is 36.9 Å². The lowest BCUT2D eigenvalue weighted by molar-refractivity contribution is 0.148. The van der Waals surface area contributed by atoms with E-state index in [1.807, 2.05) is 31.2 Å². The van der Waals surface area contributed by atoms with Gasteiger partial charge in [-0.15, -0.1) is 5.92 Å². The summed E-state index contributed by atoms with van der Waals surface area (Å²) in [5, 5.41) is 0. The Morgan fingerprint density at radius 3 is 2.75 bits per heavy atom. The van der Waals surface area contributed by atoms with Crippen LogP contribution in [0.5, 0.6) is 5.75 Å². The summed E-state index contributed by atoms with van der Waals surface area (Å²) in [7, 11) is 0. The molecule has 1 aromatic carbocycles. The summed E-state index contributed by atoms with van der Waals surface area (Å²) in [5.74, 6) is 6.88. The molecule has 2 heteroatoms. The molecule has 0 spiro atoms. The third-order valence-electron chi connectivity index (χ3n) is 3.92. The first-order valence-electron chi connectivity index (χ1n) is 7.69. The van der Waals surface area contributed by atoms with Crippen LogP contribution in [0.2, 0.25) is 0 Å². The highest BCUT2D eigenvalue weighted by Gasteiger charge is 2.17. The molecule has 1 saturated heterocycles. The molecule has 2 rings (SSSR count). The molecule has 1 fully saturated rings. The number of rotatable bonds is 5. The summed E-state index contributed by atoms with van der Waals surface area (Å²) in [6.45, 7) is 7.40. The molecule has 0 N–H and O–H groups in total. The molecule has 0 aromatic heterocycles. The number of nitrogens with zero attached hydrogens (tertiary/aromatic N) is 1. The van der Waals surface area contributed by atoms with Crippen molar-refractivity contribution in [1.82, 2.24) is 4.90 Å². The fourth-order valence-corrected chi connectivity index (χ4v) is 2.73. The quantitative estimate of drug-likeness (QED) is 0.598. The number of piperidine rings is 1. The molecule has 0 aliphatic carbocycles. The lowest BCUT2D eigenvalue weighted by atomic mass is 10.0. The minimum atomic E-state index is 0.746. The second-order valence-electron chi connectivity index (χ2n) is 5.48. The van der Waals surface area contributed by atoms with Gasteiger partial charge in [-0.2, -0.15) is 0 Å². The summed E-state index contributed by atoms with van der Waals surface area (Å²) in [4.78, 5) is 2.59. The standard InChI is InChI=1S/C18H25NO/c1-3-7-17-9-11-18(12-10-17)20-15-6-14-19-13-5-4-8-16(19)2/h9-12,16H,4-6,8,13-15H2,1-2H3. The highest BCUT2D eigenvalue weighted by molar-refractivity contribution is 5.37. The minimum absolute atomic E-state index is 0.746. The van der Waals surface area contributed by atoms with Crippen LogP contribution in [0.3, 0.4) is 0 Å². The Bertz CT molecular complexity index is 455. The molecule has 1 aromatic rings. The maximum Gasteiger partial charge on any atom is 0.119 e. The van der Waals surface area contributed by atoms with Crippen molar-refractivity contribution < 1.29 is 4.74 Å². The van der Waals surface area contributed by atoms with E-state index in [0.29, 0.717) is 0 Å². The molecule has 0 radical (unpaired) electrons. The fourth-order valence-electron chi connectivity index (χ4n) is 2.73. The average molecular weight is 271 g/mol. The molecule has 1 atom stereocenters. The largest absolute Gasteiger partial charge is 0.494 e. The van der Waals surface area contributed by atoms with Gasteiger partial charge in [0.25, 0.3) is 0 Å². The van der Waals surface area contributed by atoms with Gasteiger partial charge in [0, 0.05) is 18.2 Å².